The fourth-order valence-corrected chi connectivity index (χ4v) is 6.71. The van der Waals surface area contributed by atoms with E-state index in [4.69, 9.17) is 18.5 Å². The minimum atomic E-state index is -4.27. The lowest BCUT2D eigenvalue weighted by atomic mass is 10.1. The number of carbonyl (C=O) groups is 1. The van der Waals surface area contributed by atoms with Gasteiger partial charge in [0.15, 0.2) is 0 Å². The Kier molecular flexibility index (Phi) is 37.7. The molecule has 0 spiro atoms. The first-order chi connectivity index (χ1) is 26.1. The molecule has 0 amide bonds. The van der Waals surface area contributed by atoms with Gasteiger partial charge in [0.25, 0.3) is 0 Å². The summed E-state index contributed by atoms with van der Waals surface area (Å²) in [5, 5.41) is 0. The summed E-state index contributed by atoms with van der Waals surface area (Å²) in [6.45, 7) is 5.58. The maximum Gasteiger partial charge on any atom is 0.472 e. The predicted molar refractivity (Wildman–Crippen MR) is 229 cm³/mol. The van der Waals surface area contributed by atoms with Crippen molar-refractivity contribution in [3.05, 3.63) is 36.5 Å². The van der Waals surface area contributed by atoms with Gasteiger partial charge in [0.05, 0.1) is 34.4 Å². The van der Waals surface area contributed by atoms with Gasteiger partial charge in [-0.3, -0.25) is 13.8 Å². The Morgan fingerprint density at radius 1 is 0.574 bits per heavy atom. The van der Waals surface area contributed by atoms with Crippen LogP contribution in [0.25, 0.3) is 0 Å². The molecule has 0 saturated heterocycles. The van der Waals surface area contributed by atoms with Crippen molar-refractivity contribution in [2.75, 3.05) is 54.1 Å². The van der Waals surface area contributed by atoms with Crippen LogP contribution < -0.4 is 0 Å². The molecule has 0 rings (SSSR count). The minimum absolute atomic E-state index is 0.0870. The van der Waals surface area contributed by atoms with E-state index in [1.165, 1.54) is 116 Å². The molecule has 1 N–H and O–H groups in total. The highest BCUT2D eigenvalue weighted by Gasteiger charge is 2.26. The normalized spacial score (nSPS) is 14.1. The van der Waals surface area contributed by atoms with Crippen molar-refractivity contribution < 1.29 is 37.3 Å². The number of likely N-dealkylation sites (N-methyl/N-ethyl adjacent to an activating group) is 1. The molecule has 0 heterocycles. The number of phosphoric acid groups is 1. The Labute approximate surface area is 334 Å². The number of hydrogen-bond donors (Lipinski definition) is 1. The molecule has 0 aliphatic heterocycles. The van der Waals surface area contributed by atoms with Gasteiger partial charge in [0.2, 0.25) is 0 Å². The predicted octanol–water partition coefficient (Wildman–Crippen LogP) is 13.0. The molecule has 318 valence electrons. The van der Waals surface area contributed by atoms with Crippen LogP contribution in [0, 0.1) is 0 Å². The van der Waals surface area contributed by atoms with E-state index in [1.54, 1.807) is 0 Å². The quantitative estimate of drug-likeness (QED) is 0.0217. The fourth-order valence-electron chi connectivity index (χ4n) is 5.97. The van der Waals surface area contributed by atoms with Gasteiger partial charge in [0.1, 0.15) is 19.3 Å². The van der Waals surface area contributed by atoms with E-state index in [1.807, 2.05) is 21.1 Å². The summed E-state index contributed by atoms with van der Waals surface area (Å²) < 4.78 is 34.9. The summed E-state index contributed by atoms with van der Waals surface area (Å²) in [6, 6.07) is 0. The maximum atomic E-state index is 12.6. The van der Waals surface area contributed by atoms with Crippen LogP contribution in [-0.2, 0) is 27.9 Å². The Bertz CT molecular complexity index is 962. The zero-order valence-electron chi connectivity index (χ0n) is 36.0. The van der Waals surface area contributed by atoms with E-state index in [9.17, 15) is 14.3 Å². The number of allylic oxidation sites excluding steroid dienone is 6. The first-order valence-corrected chi connectivity index (χ1v) is 23.7. The molecular weight excluding hydrogens is 697 g/mol. The van der Waals surface area contributed by atoms with Gasteiger partial charge in [-0.05, 0) is 51.4 Å². The molecule has 0 aliphatic carbocycles. The number of quaternary nitrogens is 1. The number of phosphoric ester groups is 1. The molecule has 0 aromatic heterocycles. The van der Waals surface area contributed by atoms with Gasteiger partial charge in [-0.1, -0.05) is 166 Å². The molecule has 2 atom stereocenters. The average molecular weight is 785 g/mol. The van der Waals surface area contributed by atoms with Crippen molar-refractivity contribution >= 4 is 13.8 Å². The number of carbonyl (C=O) groups excluding carboxylic acids is 1. The Balaban J connectivity index is 4.16. The smallest absolute Gasteiger partial charge is 0.457 e. The molecule has 0 aliphatic rings. The van der Waals surface area contributed by atoms with Crippen molar-refractivity contribution in [1.29, 1.82) is 0 Å². The van der Waals surface area contributed by atoms with Crippen LogP contribution in [0.1, 0.15) is 187 Å². The van der Waals surface area contributed by atoms with Crippen LogP contribution in [0.5, 0.6) is 0 Å². The highest BCUT2D eigenvalue weighted by atomic mass is 31.2. The highest BCUT2D eigenvalue weighted by molar-refractivity contribution is 7.47. The van der Waals surface area contributed by atoms with Crippen LogP contribution in [0.2, 0.25) is 0 Å². The molecule has 9 heteroatoms. The van der Waals surface area contributed by atoms with Gasteiger partial charge in [0, 0.05) is 13.0 Å². The first-order valence-electron chi connectivity index (χ1n) is 22.2. The second-order valence-corrected chi connectivity index (χ2v) is 17.5. The topological polar surface area (TPSA) is 91.3 Å². The largest absolute Gasteiger partial charge is 0.472 e. The summed E-state index contributed by atoms with van der Waals surface area (Å²) >= 11 is 0. The SMILES string of the molecule is CCCCCCC/C=C\C/C=C\C/C=C\CCCCCCCCCOCC(COP(=O)(O)OCC[N+](C)(C)C)OC(=O)CCCCCCCCCCCC. The Morgan fingerprint density at radius 3 is 1.52 bits per heavy atom. The van der Waals surface area contributed by atoms with Crippen molar-refractivity contribution in [2.24, 2.45) is 0 Å². The van der Waals surface area contributed by atoms with Crippen molar-refractivity contribution in [2.45, 2.75) is 193 Å². The number of esters is 1. The lowest BCUT2D eigenvalue weighted by Gasteiger charge is -2.24. The summed E-state index contributed by atoms with van der Waals surface area (Å²) in [5.41, 5.74) is 0. The number of nitrogens with zero attached hydrogens (tertiary/aromatic N) is 1. The zero-order chi connectivity index (χ0) is 39.9. The number of unbranched alkanes of at least 4 members (excludes halogenated alkanes) is 21. The molecule has 8 nitrogen and oxygen atoms in total. The molecule has 0 aromatic rings. The van der Waals surface area contributed by atoms with Gasteiger partial charge in [-0.15, -0.1) is 0 Å². The van der Waals surface area contributed by atoms with Crippen LogP contribution in [0.15, 0.2) is 36.5 Å². The van der Waals surface area contributed by atoms with E-state index >= 15 is 0 Å². The third-order valence-electron chi connectivity index (χ3n) is 9.45. The highest BCUT2D eigenvalue weighted by Crippen LogP contribution is 2.43. The summed E-state index contributed by atoms with van der Waals surface area (Å²) in [4.78, 5) is 22.8. The van der Waals surface area contributed by atoms with Crippen molar-refractivity contribution in [1.82, 2.24) is 0 Å². The molecule has 0 radical (unpaired) electrons. The third kappa shape index (κ3) is 41.9. The number of ether oxygens (including phenoxy) is 2. The molecular formula is C45H87NO7P+. The van der Waals surface area contributed by atoms with Crippen LogP contribution in [0.3, 0.4) is 0 Å². The van der Waals surface area contributed by atoms with E-state index in [0.717, 1.165) is 51.4 Å². The van der Waals surface area contributed by atoms with E-state index in [2.05, 4.69) is 50.3 Å². The van der Waals surface area contributed by atoms with E-state index in [-0.39, 0.29) is 25.8 Å². The minimum Gasteiger partial charge on any atom is -0.457 e. The van der Waals surface area contributed by atoms with Crippen LogP contribution >= 0.6 is 7.82 Å². The lowest BCUT2D eigenvalue weighted by molar-refractivity contribution is -0.870. The Hall–Kier alpha value is -1.28. The molecule has 0 fully saturated rings. The second-order valence-electron chi connectivity index (χ2n) is 16.1. The number of rotatable bonds is 41. The van der Waals surface area contributed by atoms with Gasteiger partial charge in [-0.25, -0.2) is 4.57 Å². The van der Waals surface area contributed by atoms with E-state index in [0.29, 0.717) is 24.1 Å². The van der Waals surface area contributed by atoms with Gasteiger partial charge in [-0.2, -0.15) is 0 Å². The monoisotopic (exact) mass is 785 g/mol. The standard InChI is InChI=1S/C45H86NO7P/c1-6-8-10-12-14-16-18-19-20-21-22-23-24-25-26-27-28-29-31-33-35-37-40-50-42-44(43-52-54(48,49)51-41-39-46(3,4)5)53-45(47)38-36-34-32-30-17-15-13-11-9-7-2/h18-19,21-22,24-25,44H,6-17,20,23,26-43H2,1-5H3/p+1/b19-18-,22-21-,25-24-. The zero-order valence-corrected chi connectivity index (χ0v) is 36.9. The molecule has 0 bridgehead atoms. The van der Waals surface area contributed by atoms with E-state index < -0.39 is 13.9 Å². The van der Waals surface area contributed by atoms with Crippen molar-refractivity contribution in [3.63, 3.8) is 0 Å². The van der Waals surface area contributed by atoms with Crippen LogP contribution in [0.4, 0.5) is 0 Å². The third-order valence-corrected chi connectivity index (χ3v) is 10.4. The van der Waals surface area contributed by atoms with Crippen molar-refractivity contribution in [3.8, 4) is 0 Å². The average Bonchev–Trinajstić information content (AvgIpc) is 3.12. The van der Waals surface area contributed by atoms with Crippen LogP contribution in [-0.4, -0.2) is 75.6 Å². The maximum absolute atomic E-state index is 12.6. The molecule has 0 saturated carbocycles. The van der Waals surface area contributed by atoms with Gasteiger partial charge >= 0.3 is 13.8 Å². The summed E-state index contributed by atoms with van der Waals surface area (Å²) in [7, 11) is 1.66. The molecule has 2 unspecified atom stereocenters. The summed E-state index contributed by atoms with van der Waals surface area (Å²) in [5.74, 6) is -0.320. The fraction of sp³-hybridized carbons (Fsp3) is 0.844. The summed E-state index contributed by atoms with van der Waals surface area (Å²) in [6.07, 6.45) is 44.7. The Morgan fingerprint density at radius 2 is 1.02 bits per heavy atom. The number of hydrogen-bond acceptors (Lipinski definition) is 6. The van der Waals surface area contributed by atoms with Gasteiger partial charge < -0.3 is 18.9 Å². The molecule has 0 aromatic carbocycles. The first kappa shape index (κ1) is 52.7. The second kappa shape index (κ2) is 38.6. The molecule has 54 heavy (non-hydrogen) atoms. The lowest BCUT2D eigenvalue weighted by Crippen LogP contribution is -2.37.